The topological polar surface area (TPSA) is 178 Å². The lowest BCUT2D eigenvalue weighted by Gasteiger charge is -2.41. The van der Waals surface area contributed by atoms with Gasteiger partial charge in [-0.3, -0.25) is 9.35 Å². The number of esters is 1. The van der Waals surface area contributed by atoms with Crippen LogP contribution in [0.15, 0.2) is 0 Å². The number of rotatable bonds is 43. The molecule has 0 aliphatic carbocycles. The molecule has 0 bridgehead atoms. The Labute approximate surface area is 360 Å². The average Bonchev–Trinajstić information content (AvgIpc) is 3.20. The molecule has 13 heteroatoms. The van der Waals surface area contributed by atoms with Crippen molar-refractivity contribution in [2.45, 2.75) is 263 Å². The number of carbonyl (C=O) groups excluding carboxylic acids is 1. The Morgan fingerprint density at radius 3 is 1.36 bits per heavy atom. The molecule has 6 unspecified atom stereocenters. The van der Waals surface area contributed by atoms with Gasteiger partial charge in [0.1, 0.15) is 30.5 Å². The highest BCUT2D eigenvalue weighted by molar-refractivity contribution is 7.80. The highest BCUT2D eigenvalue weighted by atomic mass is 32.3. The van der Waals surface area contributed by atoms with Crippen LogP contribution in [0.3, 0.4) is 0 Å². The van der Waals surface area contributed by atoms with Gasteiger partial charge in [-0.05, 0) is 12.8 Å². The SMILES string of the molecule is CCCCCCCCCCCCCCCCCCCCCC(=O)OC(COCCCCCCCCCCCCCCC)COC1OC(CO)C(O)C(OS(=O)(=O)O)C1O. The summed E-state index contributed by atoms with van der Waals surface area (Å²) in [6, 6.07) is 0. The molecule has 1 aliphatic heterocycles. The summed E-state index contributed by atoms with van der Waals surface area (Å²) in [6.07, 6.45) is 31.3. The van der Waals surface area contributed by atoms with Crippen LogP contribution in [0.25, 0.3) is 0 Å². The minimum absolute atomic E-state index is 0.0446. The van der Waals surface area contributed by atoms with Gasteiger partial charge in [0, 0.05) is 13.0 Å². The maximum atomic E-state index is 12.9. The van der Waals surface area contributed by atoms with Crippen molar-refractivity contribution >= 4 is 16.4 Å². The predicted molar refractivity (Wildman–Crippen MR) is 235 cm³/mol. The van der Waals surface area contributed by atoms with Crippen LogP contribution in [-0.2, 0) is 38.3 Å². The highest BCUT2D eigenvalue weighted by Crippen LogP contribution is 2.26. The summed E-state index contributed by atoms with van der Waals surface area (Å²) in [5, 5.41) is 30.7. The van der Waals surface area contributed by atoms with Gasteiger partial charge in [-0.2, -0.15) is 8.42 Å². The lowest BCUT2D eigenvalue weighted by molar-refractivity contribution is -0.301. The minimum atomic E-state index is -5.06. The smallest absolute Gasteiger partial charge is 0.397 e. The first-order valence-corrected chi connectivity index (χ1v) is 25.7. The van der Waals surface area contributed by atoms with Crippen molar-refractivity contribution in [2.24, 2.45) is 0 Å². The second-order valence-corrected chi connectivity index (χ2v) is 18.1. The molecule has 352 valence electrons. The van der Waals surface area contributed by atoms with Crippen molar-refractivity contribution < 1.29 is 56.2 Å². The molecule has 1 fully saturated rings. The van der Waals surface area contributed by atoms with E-state index in [2.05, 4.69) is 18.0 Å². The zero-order valence-electron chi connectivity index (χ0n) is 37.6. The Kier molecular flexibility index (Phi) is 36.9. The van der Waals surface area contributed by atoms with E-state index in [4.69, 9.17) is 23.5 Å². The van der Waals surface area contributed by atoms with Crippen LogP contribution in [0, 0.1) is 0 Å². The van der Waals surface area contributed by atoms with Crippen LogP contribution in [0.4, 0.5) is 0 Å². The molecule has 4 N–H and O–H groups in total. The summed E-state index contributed by atoms with van der Waals surface area (Å²) in [7, 11) is -5.06. The maximum Gasteiger partial charge on any atom is 0.397 e. The Morgan fingerprint density at radius 1 is 0.576 bits per heavy atom. The molecule has 0 aromatic carbocycles. The van der Waals surface area contributed by atoms with Crippen molar-refractivity contribution in [3.05, 3.63) is 0 Å². The quantitative estimate of drug-likeness (QED) is 0.0259. The molecule has 0 aromatic rings. The zero-order chi connectivity index (χ0) is 43.2. The highest BCUT2D eigenvalue weighted by Gasteiger charge is 2.48. The van der Waals surface area contributed by atoms with Gasteiger partial charge < -0.3 is 34.3 Å². The second-order valence-electron chi connectivity index (χ2n) is 17.1. The number of carbonyl (C=O) groups is 1. The molecular formula is C46H90O12S. The number of aliphatic hydroxyl groups is 3. The van der Waals surface area contributed by atoms with E-state index in [-0.39, 0.29) is 19.6 Å². The van der Waals surface area contributed by atoms with E-state index in [9.17, 15) is 28.5 Å². The Morgan fingerprint density at radius 2 is 0.966 bits per heavy atom. The third-order valence-corrected chi connectivity index (χ3v) is 11.9. The molecule has 0 aromatic heterocycles. The Hall–Kier alpha value is -0.900. The van der Waals surface area contributed by atoms with Crippen molar-refractivity contribution in [2.75, 3.05) is 26.4 Å². The fraction of sp³-hybridized carbons (Fsp3) is 0.978. The van der Waals surface area contributed by atoms with Crippen LogP contribution in [0.1, 0.15) is 226 Å². The molecular weight excluding hydrogens is 777 g/mol. The van der Waals surface area contributed by atoms with Gasteiger partial charge in [-0.15, -0.1) is 0 Å². The zero-order valence-corrected chi connectivity index (χ0v) is 38.4. The van der Waals surface area contributed by atoms with Crippen molar-refractivity contribution in [1.82, 2.24) is 0 Å². The van der Waals surface area contributed by atoms with Crippen molar-refractivity contribution in [3.63, 3.8) is 0 Å². The molecule has 0 spiro atoms. The molecule has 6 atom stereocenters. The number of aliphatic hydroxyl groups excluding tert-OH is 3. The van der Waals surface area contributed by atoms with Crippen molar-refractivity contribution in [3.8, 4) is 0 Å². The molecule has 1 rings (SSSR count). The van der Waals surface area contributed by atoms with E-state index in [0.717, 1.165) is 38.5 Å². The van der Waals surface area contributed by atoms with Crippen LogP contribution < -0.4 is 0 Å². The van der Waals surface area contributed by atoms with Crippen LogP contribution >= 0.6 is 0 Å². The standard InChI is InChI=1S/C46H90O12S/c1-3-5-7-9-11-13-15-17-18-19-20-21-22-23-25-27-29-31-33-35-42(48)56-40(38-54-36-34-32-30-28-26-24-16-14-12-10-8-6-4-2)39-55-46-44(50)45(58-59(51,52)53)43(49)41(37-47)57-46/h40-41,43-47,49-50H,3-39H2,1-2H3,(H,51,52,53). The predicted octanol–water partition coefficient (Wildman–Crippen LogP) is 10.5. The van der Waals surface area contributed by atoms with E-state index < -0.39 is 59.8 Å². The minimum Gasteiger partial charge on any atom is -0.457 e. The molecule has 12 nitrogen and oxygen atoms in total. The summed E-state index contributed by atoms with van der Waals surface area (Å²) < 4.78 is 59.1. The summed E-state index contributed by atoms with van der Waals surface area (Å²) in [6.45, 7) is 4.04. The number of unbranched alkanes of at least 4 members (excludes halogenated alkanes) is 30. The second kappa shape index (κ2) is 38.7. The normalized spacial score (nSPS) is 20.3. The average molecular weight is 867 g/mol. The van der Waals surface area contributed by atoms with E-state index in [0.29, 0.717) is 13.0 Å². The molecule has 0 radical (unpaired) electrons. The molecule has 59 heavy (non-hydrogen) atoms. The first-order chi connectivity index (χ1) is 28.6. The number of ether oxygens (including phenoxy) is 4. The summed E-state index contributed by atoms with van der Waals surface area (Å²) in [5.41, 5.74) is 0. The largest absolute Gasteiger partial charge is 0.457 e. The van der Waals surface area contributed by atoms with E-state index in [1.807, 2.05) is 0 Å². The van der Waals surface area contributed by atoms with E-state index in [1.165, 1.54) is 161 Å². The maximum absolute atomic E-state index is 12.9. The third-order valence-electron chi connectivity index (χ3n) is 11.5. The van der Waals surface area contributed by atoms with Crippen LogP contribution in [0.2, 0.25) is 0 Å². The fourth-order valence-corrected chi connectivity index (χ4v) is 8.30. The molecule has 0 amide bonds. The molecule has 1 saturated heterocycles. The van der Waals surface area contributed by atoms with Gasteiger partial charge in [-0.1, -0.05) is 206 Å². The number of hydrogen-bond acceptors (Lipinski definition) is 11. The summed E-state index contributed by atoms with van der Waals surface area (Å²) in [5.74, 6) is -0.392. The van der Waals surface area contributed by atoms with Gasteiger partial charge in [0.25, 0.3) is 0 Å². The number of hydrogen-bond donors (Lipinski definition) is 4. The Bertz CT molecular complexity index is 1050. The summed E-state index contributed by atoms with van der Waals surface area (Å²) in [4.78, 5) is 12.9. The Balaban J connectivity index is 2.36. The van der Waals surface area contributed by atoms with Crippen LogP contribution in [0.5, 0.6) is 0 Å². The van der Waals surface area contributed by atoms with Crippen molar-refractivity contribution in [1.29, 1.82) is 0 Å². The first kappa shape index (κ1) is 56.1. The summed E-state index contributed by atoms with van der Waals surface area (Å²) >= 11 is 0. The monoisotopic (exact) mass is 867 g/mol. The van der Waals surface area contributed by atoms with Gasteiger partial charge in [0.15, 0.2) is 6.29 Å². The molecule has 0 saturated carbocycles. The van der Waals surface area contributed by atoms with Crippen LogP contribution in [-0.4, -0.2) is 97.5 Å². The van der Waals surface area contributed by atoms with Gasteiger partial charge in [0.2, 0.25) is 0 Å². The van der Waals surface area contributed by atoms with E-state index >= 15 is 0 Å². The van der Waals surface area contributed by atoms with Gasteiger partial charge in [-0.25, -0.2) is 4.18 Å². The van der Waals surface area contributed by atoms with Gasteiger partial charge in [0.05, 0.1) is 19.8 Å². The lowest BCUT2D eigenvalue weighted by Crippen LogP contribution is -2.60. The van der Waals surface area contributed by atoms with E-state index in [1.54, 1.807) is 0 Å². The molecule has 1 aliphatic rings. The van der Waals surface area contributed by atoms with Gasteiger partial charge >= 0.3 is 16.4 Å². The molecule has 1 heterocycles. The lowest BCUT2D eigenvalue weighted by atomic mass is 9.99. The third kappa shape index (κ3) is 32.4. The first-order valence-electron chi connectivity index (χ1n) is 24.3. The fourth-order valence-electron chi connectivity index (χ4n) is 7.79.